The standard InChI is InChI=1S/C12H13FN2O4.C11H11FN2O5.C9H10FIN2O5.C9H11FN2O5.C5H10Si/c1-3-6-5-15(12(18)14-10(6)17)11-8(13)9(16)7(4-2)19-11;1-2-5-3-14(11(18)13-9(5)17)10-7(12)8(16)6(4-15)19-10;10-5-6(15)4(2-14)18-8(5)13-1-3(11)7(16)12-9(13)17;10-6-7(15)4(3-13)17-8(6)12-2-1-5(14)11-9(12)16;1-5-6(2,3)4/h1,5,7-9,11,16H,4H2,2H3,(H,14,17,18);1,3,6-8,10,15-16H,4H2,(H,13,17,18);1,4-6,8,14-15H,2H2,(H,12,16,17);1-2,4,6-8,13,15H,3H2,(H,11,14,16);1H,2-4H3. The molecule has 0 amide bonds. The van der Waals surface area contributed by atoms with Crippen molar-refractivity contribution in [1.29, 1.82) is 0 Å². The Morgan fingerprint density at radius 3 is 1.14 bits per heavy atom. The van der Waals surface area contributed by atoms with Gasteiger partial charge in [0.05, 0.1) is 29.5 Å². The fourth-order valence-corrected chi connectivity index (χ4v) is 7.77. The maximum absolute atomic E-state index is 13.9. The Morgan fingerprint density at radius 1 is 0.544 bits per heavy atom. The smallest absolute Gasteiger partial charge is 0.330 e. The van der Waals surface area contributed by atoms with E-state index in [0.29, 0.717) is 6.42 Å². The second kappa shape index (κ2) is 28.2. The van der Waals surface area contributed by atoms with Crippen molar-refractivity contribution < 1.29 is 72.3 Å². The number of nitrogens with zero attached hydrogens (tertiary/aromatic N) is 4. The van der Waals surface area contributed by atoms with Crippen LogP contribution >= 0.6 is 22.6 Å². The molecule has 33 heteroatoms. The van der Waals surface area contributed by atoms with Crippen molar-refractivity contribution in [3.63, 3.8) is 0 Å². The lowest BCUT2D eigenvalue weighted by atomic mass is 10.1. The number of hydrogen-bond acceptors (Lipinski definition) is 19. The summed E-state index contributed by atoms with van der Waals surface area (Å²) in [6, 6.07) is 1.04. The van der Waals surface area contributed by atoms with Crippen molar-refractivity contribution in [3.8, 4) is 36.7 Å². The van der Waals surface area contributed by atoms with E-state index in [1.807, 2.05) is 25.9 Å². The zero-order chi connectivity index (χ0) is 59.5. The van der Waals surface area contributed by atoms with Crippen molar-refractivity contribution >= 4 is 30.7 Å². The highest BCUT2D eigenvalue weighted by molar-refractivity contribution is 14.1. The van der Waals surface area contributed by atoms with Gasteiger partial charge < -0.3 is 54.7 Å². The Hall–Kier alpha value is -6.37. The Kier molecular flexibility index (Phi) is 23.2. The van der Waals surface area contributed by atoms with E-state index in [1.54, 1.807) is 29.5 Å². The number of terminal acetylenes is 3. The van der Waals surface area contributed by atoms with Gasteiger partial charge in [-0.1, -0.05) is 38.4 Å². The molecule has 0 saturated carbocycles. The summed E-state index contributed by atoms with van der Waals surface area (Å²) in [4.78, 5) is 98.6. The lowest BCUT2D eigenvalue weighted by Crippen LogP contribution is -2.37. The van der Waals surface area contributed by atoms with Gasteiger partial charge in [0.15, 0.2) is 49.6 Å². The van der Waals surface area contributed by atoms with Crippen LogP contribution in [0.2, 0.25) is 19.6 Å². The van der Waals surface area contributed by atoms with Crippen molar-refractivity contribution in [2.24, 2.45) is 0 Å². The Morgan fingerprint density at radius 2 is 0.848 bits per heavy atom. The molecule has 0 radical (unpaired) electrons. The van der Waals surface area contributed by atoms with E-state index in [0.717, 1.165) is 49.1 Å². The molecule has 79 heavy (non-hydrogen) atoms. The first-order valence-electron chi connectivity index (χ1n) is 23.2. The molecule has 4 aliphatic heterocycles. The summed E-state index contributed by atoms with van der Waals surface area (Å²) in [7, 11) is -1.10. The molecule has 4 aromatic rings. The molecular formula is C46H55F4IN8O19Si. The normalized spacial score (nSPS) is 29.6. The number of H-pyrrole nitrogens is 4. The highest BCUT2D eigenvalue weighted by Crippen LogP contribution is 2.34. The molecule has 0 aromatic carbocycles. The van der Waals surface area contributed by atoms with Crippen LogP contribution in [0.4, 0.5) is 17.6 Å². The lowest BCUT2D eigenvalue weighted by Gasteiger charge is -2.15. The van der Waals surface area contributed by atoms with E-state index >= 15 is 0 Å². The molecule has 16 unspecified atom stereocenters. The summed E-state index contributed by atoms with van der Waals surface area (Å²) < 4.78 is 79.1. The molecule has 0 spiro atoms. The van der Waals surface area contributed by atoms with Gasteiger partial charge in [-0.3, -0.25) is 57.4 Å². The van der Waals surface area contributed by atoms with E-state index in [1.165, 1.54) is 0 Å². The minimum Gasteiger partial charge on any atom is -0.394 e. The van der Waals surface area contributed by atoms with Gasteiger partial charge in [-0.25, -0.2) is 36.7 Å². The molecule has 11 N–H and O–H groups in total. The maximum atomic E-state index is 13.9. The van der Waals surface area contributed by atoms with E-state index < -0.39 is 171 Å². The molecule has 8 rings (SSSR count). The number of aliphatic hydroxyl groups is 7. The number of alkyl halides is 4. The number of rotatable bonds is 8. The molecular weight excluding hydrogens is 1200 g/mol. The molecule has 4 aromatic heterocycles. The summed E-state index contributed by atoms with van der Waals surface area (Å²) in [6.45, 7) is 6.44. The van der Waals surface area contributed by atoms with Gasteiger partial charge in [-0.2, -0.15) is 0 Å². The summed E-state index contributed by atoms with van der Waals surface area (Å²) in [5.41, 5.74) is -3.63. The molecule has 8 heterocycles. The second-order valence-electron chi connectivity index (χ2n) is 18.2. The second-order valence-corrected chi connectivity index (χ2v) is 24.2. The number of hydrogen-bond donors (Lipinski definition) is 11. The van der Waals surface area contributed by atoms with Crippen LogP contribution in [-0.4, -0.2) is 175 Å². The Bertz CT molecular complexity index is 3270. The predicted molar refractivity (Wildman–Crippen MR) is 277 cm³/mol. The minimum absolute atomic E-state index is 0.107. The van der Waals surface area contributed by atoms with Crippen LogP contribution in [0.5, 0.6) is 0 Å². The quantitative estimate of drug-likeness (QED) is 0.0346. The van der Waals surface area contributed by atoms with Crippen LogP contribution < -0.4 is 45.0 Å². The zero-order valence-electron chi connectivity index (χ0n) is 41.9. The highest BCUT2D eigenvalue weighted by Gasteiger charge is 2.48. The third-order valence-electron chi connectivity index (χ3n) is 11.7. The summed E-state index contributed by atoms with van der Waals surface area (Å²) >= 11 is 1.69. The molecule has 4 saturated heterocycles. The van der Waals surface area contributed by atoms with E-state index in [2.05, 4.69) is 31.1 Å². The van der Waals surface area contributed by atoms with Gasteiger partial charge in [-0.05, 0) is 29.0 Å². The highest BCUT2D eigenvalue weighted by atomic mass is 127. The fraction of sp³-hybridized carbons (Fsp3) is 0.522. The molecule has 0 aliphatic carbocycles. The molecule has 16 atom stereocenters. The summed E-state index contributed by atoms with van der Waals surface area (Å²) in [6.07, 6.45) is -2.85. The third kappa shape index (κ3) is 15.5. The van der Waals surface area contributed by atoms with Gasteiger partial charge in [-0.15, -0.1) is 24.8 Å². The van der Waals surface area contributed by atoms with Crippen molar-refractivity contribution in [1.82, 2.24) is 38.2 Å². The molecule has 4 aliphatic rings. The largest absolute Gasteiger partial charge is 0.394 e. The predicted octanol–water partition coefficient (Wildman–Crippen LogP) is -4.02. The average molecular weight is 1250 g/mol. The monoisotopic (exact) mass is 1250 g/mol. The van der Waals surface area contributed by atoms with Gasteiger partial charge in [0, 0.05) is 30.9 Å². The average Bonchev–Trinajstić information content (AvgIpc) is 4.10. The minimum atomic E-state index is -1.92. The van der Waals surface area contributed by atoms with Crippen LogP contribution in [0, 0.1) is 40.2 Å². The van der Waals surface area contributed by atoms with Gasteiger partial charge in [0.25, 0.3) is 22.2 Å². The first-order chi connectivity index (χ1) is 37.0. The Balaban J connectivity index is 0.000000219. The first-order valence-corrected chi connectivity index (χ1v) is 27.8. The van der Waals surface area contributed by atoms with Crippen LogP contribution in [-0.2, 0) is 18.9 Å². The topological polar surface area (TPSA) is 398 Å². The van der Waals surface area contributed by atoms with Crippen LogP contribution in [0.3, 0.4) is 0 Å². The maximum Gasteiger partial charge on any atom is 0.330 e. The van der Waals surface area contributed by atoms with E-state index in [9.17, 15) is 76.3 Å². The SMILES string of the molecule is C#C[Si](C)(C)C.C#Cc1cn(C2OC(CC)C(O)C2F)c(=O)[nH]c1=O.C#Cc1cn(C2OC(CO)C(O)C2F)c(=O)[nH]c1=O.O=c1[nH]c(=O)n(C2OC(CO)C(O)C2F)cc1I.O=c1ccn(C2OC(CO)C(O)C2F)c(=O)[nH]1. The number of ether oxygens (including phenoxy) is 4. The summed E-state index contributed by atoms with van der Waals surface area (Å²) in [5.74, 6) is 4.14. The molecule has 0 bridgehead atoms. The van der Waals surface area contributed by atoms with Crippen molar-refractivity contribution in [2.75, 3.05) is 19.8 Å². The van der Waals surface area contributed by atoms with Crippen LogP contribution in [0.1, 0.15) is 49.4 Å². The number of halogens is 5. The summed E-state index contributed by atoms with van der Waals surface area (Å²) in [5, 5.41) is 64.6. The van der Waals surface area contributed by atoms with E-state index in [4.69, 9.17) is 53.5 Å². The van der Waals surface area contributed by atoms with Crippen LogP contribution in [0.15, 0.2) is 69.2 Å². The van der Waals surface area contributed by atoms with Crippen molar-refractivity contribution in [2.45, 2.75) is 131 Å². The van der Waals surface area contributed by atoms with Gasteiger partial charge in [0.2, 0.25) is 0 Å². The number of aromatic nitrogens is 8. The lowest BCUT2D eigenvalue weighted by molar-refractivity contribution is -0.0492. The van der Waals surface area contributed by atoms with Gasteiger partial charge in [0.1, 0.15) is 61.9 Å². The van der Waals surface area contributed by atoms with Crippen LogP contribution in [0.25, 0.3) is 0 Å². The molecule has 27 nitrogen and oxygen atoms in total. The number of aliphatic hydroxyl groups excluding tert-OH is 7. The molecule has 432 valence electrons. The molecule has 4 fully saturated rings. The third-order valence-corrected chi connectivity index (χ3v) is 13.3. The number of aromatic amines is 4. The van der Waals surface area contributed by atoms with Gasteiger partial charge >= 0.3 is 22.8 Å². The van der Waals surface area contributed by atoms with Crippen molar-refractivity contribution in [3.05, 3.63) is 129 Å². The fourth-order valence-electron chi connectivity index (χ4n) is 7.33. The first kappa shape index (κ1) is 65.1. The Labute approximate surface area is 456 Å². The van der Waals surface area contributed by atoms with E-state index in [-0.39, 0.29) is 14.7 Å². The zero-order valence-corrected chi connectivity index (χ0v) is 45.1. The number of nitrogens with one attached hydrogen (secondary N) is 4.